The molecule has 0 saturated carbocycles. The predicted octanol–water partition coefficient (Wildman–Crippen LogP) is -0.266. The van der Waals surface area contributed by atoms with Crippen LogP contribution < -0.4 is 5.32 Å². The number of hydrogen-bond acceptors (Lipinski definition) is 2. The van der Waals surface area contributed by atoms with Gasteiger partial charge in [0.2, 0.25) is 0 Å². The lowest BCUT2D eigenvalue weighted by atomic mass is 10.1. The van der Waals surface area contributed by atoms with Gasteiger partial charge in [-0.05, 0) is 13.5 Å². The zero-order chi connectivity index (χ0) is 6.74. The molecule has 0 aromatic heterocycles. The van der Waals surface area contributed by atoms with Crippen molar-refractivity contribution < 1.29 is 5.11 Å². The van der Waals surface area contributed by atoms with Crippen molar-refractivity contribution in [2.45, 2.75) is 18.9 Å². The van der Waals surface area contributed by atoms with E-state index < -0.39 is 5.60 Å². The van der Waals surface area contributed by atoms with Gasteiger partial charge >= 0.3 is 0 Å². The van der Waals surface area contributed by atoms with Gasteiger partial charge in [-0.1, -0.05) is 5.92 Å². The Labute approximate surface area is 55.3 Å². The second-order valence-electron chi connectivity index (χ2n) is 2.33. The molecule has 1 unspecified atom stereocenters. The van der Waals surface area contributed by atoms with Crippen LogP contribution in [0.15, 0.2) is 0 Å². The van der Waals surface area contributed by atoms with Crippen molar-refractivity contribution in [3.05, 3.63) is 0 Å². The molecular formula is C7H11NO. The van der Waals surface area contributed by atoms with E-state index in [0.717, 1.165) is 13.0 Å². The van der Waals surface area contributed by atoms with Crippen molar-refractivity contribution in [1.29, 1.82) is 0 Å². The molecule has 1 atom stereocenters. The first-order chi connectivity index (χ1) is 4.27. The molecule has 1 heterocycles. The van der Waals surface area contributed by atoms with Crippen molar-refractivity contribution in [2.24, 2.45) is 0 Å². The first kappa shape index (κ1) is 6.60. The maximum absolute atomic E-state index is 9.46. The van der Waals surface area contributed by atoms with Gasteiger partial charge in [0.15, 0.2) is 0 Å². The Morgan fingerprint density at radius 3 is 2.89 bits per heavy atom. The van der Waals surface area contributed by atoms with Crippen LogP contribution in [0, 0.1) is 11.8 Å². The fourth-order valence-electron chi connectivity index (χ4n) is 1.02. The van der Waals surface area contributed by atoms with Crippen LogP contribution in [-0.4, -0.2) is 23.8 Å². The Balaban J connectivity index is 2.58. The molecule has 2 N–H and O–H groups in total. The van der Waals surface area contributed by atoms with Crippen LogP contribution in [0.4, 0.5) is 0 Å². The maximum Gasteiger partial charge on any atom is 0.139 e. The predicted molar refractivity (Wildman–Crippen MR) is 35.9 cm³/mol. The molecule has 2 heteroatoms. The van der Waals surface area contributed by atoms with Crippen LogP contribution in [-0.2, 0) is 0 Å². The van der Waals surface area contributed by atoms with E-state index in [9.17, 15) is 5.11 Å². The molecule has 0 spiro atoms. The molecule has 1 fully saturated rings. The third-order valence-corrected chi connectivity index (χ3v) is 1.49. The second kappa shape index (κ2) is 2.38. The Morgan fingerprint density at radius 2 is 2.44 bits per heavy atom. The minimum atomic E-state index is -0.727. The fourth-order valence-corrected chi connectivity index (χ4v) is 1.02. The van der Waals surface area contributed by atoms with Crippen molar-refractivity contribution in [2.75, 3.05) is 13.1 Å². The van der Waals surface area contributed by atoms with Crippen LogP contribution >= 0.6 is 0 Å². The van der Waals surface area contributed by atoms with E-state index in [-0.39, 0.29) is 0 Å². The zero-order valence-corrected chi connectivity index (χ0v) is 5.57. The number of aliphatic hydroxyl groups is 1. The van der Waals surface area contributed by atoms with Crippen LogP contribution in [0.5, 0.6) is 0 Å². The van der Waals surface area contributed by atoms with Gasteiger partial charge in [0.25, 0.3) is 0 Å². The lowest BCUT2D eigenvalue weighted by molar-refractivity contribution is 0.124. The average molecular weight is 125 g/mol. The van der Waals surface area contributed by atoms with E-state index in [1.165, 1.54) is 0 Å². The molecule has 0 radical (unpaired) electrons. The van der Waals surface area contributed by atoms with Crippen molar-refractivity contribution in [3.8, 4) is 11.8 Å². The van der Waals surface area contributed by atoms with Gasteiger partial charge in [0.05, 0.1) is 0 Å². The molecule has 0 aliphatic carbocycles. The minimum Gasteiger partial charge on any atom is -0.376 e. The molecule has 1 saturated heterocycles. The molecule has 0 aromatic carbocycles. The van der Waals surface area contributed by atoms with Crippen LogP contribution in [0.3, 0.4) is 0 Å². The highest BCUT2D eigenvalue weighted by atomic mass is 16.3. The Kier molecular flexibility index (Phi) is 1.75. The molecular weight excluding hydrogens is 114 g/mol. The van der Waals surface area contributed by atoms with Crippen LogP contribution in [0.2, 0.25) is 0 Å². The lowest BCUT2D eigenvalue weighted by Crippen LogP contribution is -2.28. The van der Waals surface area contributed by atoms with Gasteiger partial charge in [-0.2, -0.15) is 0 Å². The SMILES string of the molecule is CC#CC1(O)CCNC1. The summed E-state index contributed by atoms with van der Waals surface area (Å²) in [6.07, 6.45) is 0.758. The Hall–Kier alpha value is -0.520. The molecule has 50 valence electrons. The standard InChI is InChI=1S/C7H11NO/c1-2-3-7(9)4-5-8-6-7/h8-9H,4-6H2,1H3. The summed E-state index contributed by atoms with van der Waals surface area (Å²) in [5, 5.41) is 12.5. The summed E-state index contributed by atoms with van der Waals surface area (Å²) < 4.78 is 0. The van der Waals surface area contributed by atoms with E-state index in [1.807, 2.05) is 0 Å². The summed E-state index contributed by atoms with van der Waals surface area (Å²) in [4.78, 5) is 0. The van der Waals surface area contributed by atoms with Gasteiger partial charge < -0.3 is 10.4 Å². The van der Waals surface area contributed by atoms with Gasteiger partial charge in [-0.25, -0.2) is 0 Å². The quantitative estimate of drug-likeness (QED) is 0.437. The normalized spacial score (nSPS) is 33.6. The van der Waals surface area contributed by atoms with Gasteiger partial charge in [0.1, 0.15) is 5.60 Å². The third-order valence-electron chi connectivity index (χ3n) is 1.49. The molecule has 1 aliphatic rings. The van der Waals surface area contributed by atoms with E-state index in [0.29, 0.717) is 6.54 Å². The first-order valence-electron chi connectivity index (χ1n) is 3.14. The topological polar surface area (TPSA) is 32.3 Å². The highest BCUT2D eigenvalue weighted by molar-refractivity contribution is 5.15. The molecule has 2 nitrogen and oxygen atoms in total. The smallest absolute Gasteiger partial charge is 0.139 e. The highest BCUT2D eigenvalue weighted by Crippen LogP contribution is 2.11. The summed E-state index contributed by atoms with van der Waals surface area (Å²) in [7, 11) is 0. The van der Waals surface area contributed by atoms with E-state index in [4.69, 9.17) is 0 Å². The largest absolute Gasteiger partial charge is 0.376 e. The average Bonchev–Trinajstić information content (AvgIpc) is 2.16. The van der Waals surface area contributed by atoms with E-state index in [1.54, 1.807) is 6.92 Å². The summed E-state index contributed by atoms with van der Waals surface area (Å²) >= 11 is 0. The summed E-state index contributed by atoms with van der Waals surface area (Å²) in [6, 6.07) is 0. The van der Waals surface area contributed by atoms with Crippen molar-refractivity contribution in [1.82, 2.24) is 5.32 Å². The highest BCUT2D eigenvalue weighted by Gasteiger charge is 2.27. The maximum atomic E-state index is 9.46. The number of nitrogens with one attached hydrogen (secondary N) is 1. The van der Waals surface area contributed by atoms with Crippen molar-refractivity contribution in [3.63, 3.8) is 0 Å². The van der Waals surface area contributed by atoms with Gasteiger partial charge in [-0.15, -0.1) is 5.92 Å². The van der Waals surface area contributed by atoms with Gasteiger partial charge in [-0.3, -0.25) is 0 Å². The molecule has 1 rings (SSSR count). The van der Waals surface area contributed by atoms with Crippen LogP contribution in [0.25, 0.3) is 0 Å². The third kappa shape index (κ3) is 1.44. The van der Waals surface area contributed by atoms with E-state index in [2.05, 4.69) is 17.2 Å². The summed E-state index contributed by atoms with van der Waals surface area (Å²) in [5.74, 6) is 5.47. The monoisotopic (exact) mass is 125 g/mol. The summed E-state index contributed by atoms with van der Waals surface area (Å²) in [6.45, 7) is 3.25. The molecule has 1 aliphatic heterocycles. The zero-order valence-electron chi connectivity index (χ0n) is 5.57. The second-order valence-corrected chi connectivity index (χ2v) is 2.33. The van der Waals surface area contributed by atoms with E-state index >= 15 is 0 Å². The number of hydrogen-bond donors (Lipinski definition) is 2. The molecule has 0 amide bonds. The summed E-state index contributed by atoms with van der Waals surface area (Å²) in [5.41, 5.74) is -0.727. The molecule has 0 bridgehead atoms. The van der Waals surface area contributed by atoms with Crippen molar-refractivity contribution >= 4 is 0 Å². The Morgan fingerprint density at radius 1 is 1.67 bits per heavy atom. The fraction of sp³-hybridized carbons (Fsp3) is 0.714. The molecule has 0 aromatic rings. The number of β-amino-alcohol motifs (C(OH)–C–C–N with tert-alkyl or cyclic N) is 1. The Bertz CT molecular complexity index is 148. The molecule has 9 heavy (non-hydrogen) atoms. The van der Waals surface area contributed by atoms with Crippen LogP contribution in [0.1, 0.15) is 13.3 Å². The minimum absolute atomic E-state index is 0.619. The lowest BCUT2D eigenvalue weighted by Gasteiger charge is -2.11. The number of rotatable bonds is 0. The van der Waals surface area contributed by atoms with Gasteiger partial charge in [0, 0.05) is 13.0 Å². The first-order valence-corrected chi connectivity index (χ1v) is 3.14.